The number of piperidine rings is 1. The van der Waals surface area contributed by atoms with Crippen molar-refractivity contribution in [2.45, 2.75) is 51.1 Å². The van der Waals surface area contributed by atoms with E-state index in [1.807, 2.05) is 17.0 Å². The molecule has 0 bridgehead atoms. The molecule has 2 amide bonds. The summed E-state index contributed by atoms with van der Waals surface area (Å²) < 4.78 is 5.07. The molecule has 1 unspecified atom stereocenters. The lowest BCUT2D eigenvalue weighted by Gasteiger charge is -2.37. The number of aryl methyl sites for hydroxylation is 1. The standard InChI is InChI=1S/C29H38N4O3/c1-2-36-29(35)33-20-18-32(19-21-33)28(34)23-10-12-25(13-11-23)31-16-14-24(15-17-31)30-27-9-5-7-22-6-3-4-8-26(22)27/h3-4,6,8,10-13,24,27,30H,2,5,7,9,14-21H2,1H3. The van der Waals surface area contributed by atoms with Gasteiger partial charge < -0.3 is 24.8 Å². The van der Waals surface area contributed by atoms with Crippen LogP contribution in [0, 0.1) is 0 Å². The molecule has 2 fully saturated rings. The summed E-state index contributed by atoms with van der Waals surface area (Å²) in [5.41, 5.74) is 4.89. The number of benzene rings is 2. The van der Waals surface area contributed by atoms with Crippen LogP contribution in [0.2, 0.25) is 0 Å². The van der Waals surface area contributed by atoms with Crippen molar-refractivity contribution in [1.29, 1.82) is 0 Å². The van der Waals surface area contributed by atoms with Gasteiger partial charge in [-0.25, -0.2) is 4.79 Å². The highest BCUT2D eigenvalue weighted by atomic mass is 16.6. The molecule has 5 rings (SSSR count). The Labute approximate surface area is 214 Å². The molecule has 2 aromatic rings. The van der Waals surface area contributed by atoms with E-state index in [9.17, 15) is 9.59 Å². The molecule has 1 atom stereocenters. The lowest BCUT2D eigenvalue weighted by Crippen LogP contribution is -2.50. The van der Waals surface area contributed by atoms with Gasteiger partial charge in [-0.15, -0.1) is 0 Å². The number of nitrogens with zero attached hydrogens (tertiary/aromatic N) is 3. The highest BCUT2D eigenvalue weighted by Gasteiger charge is 2.27. The highest BCUT2D eigenvalue weighted by Crippen LogP contribution is 2.31. The predicted molar refractivity (Wildman–Crippen MR) is 141 cm³/mol. The van der Waals surface area contributed by atoms with Gasteiger partial charge in [0.05, 0.1) is 6.61 Å². The van der Waals surface area contributed by atoms with Crippen molar-refractivity contribution < 1.29 is 14.3 Å². The van der Waals surface area contributed by atoms with Crippen LogP contribution in [0.1, 0.15) is 60.1 Å². The molecule has 1 N–H and O–H groups in total. The maximum Gasteiger partial charge on any atom is 0.409 e. The van der Waals surface area contributed by atoms with Crippen LogP contribution in [0.4, 0.5) is 10.5 Å². The second kappa shape index (κ2) is 11.3. The number of carbonyl (C=O) groups is 2. The quantitative estimate of drug-likeness (QED) is 0.679. The van der Waals surface area contributed by atoms with Gasteiger partial charge in [-0.3, -0.25) is 4.79 Å². The van der Waals surface area contributed by atoms with E-state index in [2.05, 4.69) is 46.6 Å². The van der Waals surface area contributed by atoms with Crippen LogP contribution in [0.15, 0.2) is 48.5 Å². The minimum atomic E-state index is -0.295. The van der Waals surface area contributed by atoms with Gasteiger partial charge in [0, 0.05) is 62.6 Å². The summed E-state index contributed by atoms with van der Waals surface area (Å²) in [7, 11) is 0. The number of hydrogen-bond donors (Lipinski definition) is 1. The van der Waals surface area contributed by atoms with E-state index < -0.39 is 0 Å². The van der Waals surface area contributed by atoms with Crippen LogP contribution in [0.5, 0.6) is 0 Å². The van der Waals surface area contributed by atoms with Crippen molar-refractivity contribution in [2.24, 2.45) is 0 Å². The Morgan fingerprint density at radius 2 is 1.58 bits per heavy atom. The van der Waals surface area contributed by atoms with E-state index in [0.29, 0.717) is 50.4 Å². The van der Waals surface area contributed by atoms with Crippen LogP contribution in [-0.4, -0.2) is 73.7 Å². The van der Waals surface area contributed by atoms with Gasteiger partial charge in [0.25, 0.3) is 5.91 Å². The summed E-state index contributed by atoms with van der Waals surface area (Å²) in [4.78, 5) is 30.8. The third-order valence-electron chi connectivity index (χ3n) is 7.87. The van der Waals surface area contributed by atoms with Crippen LogP contribution < -0.4 is 10.2 Å². The number of piperazine rings is 1. The minimum absolute atomic E-state index is 0.0285. The van der Waals surface area contributed by atoms with Gasteiger partial charge in [0.1, 0.15) is 0 Å². The fourth-order valence-electron chi connectivity index (χ4n) is 5.82. The zero-order valence-electron chi connectivity index (χ0n) is 21.3. The predicted octanol–water partition coefficient (Wildman–Crippen LogP) is 4.24. The number of rotatable bonds is 5. The third-order valence-corrected chi connectivity index (χ3v) is 7.87. The largest absolute Gasteiger partial charge is 0.450 e. The maximum atomic E-state index is 13.0. The van der Waals surface area contributed by atoms with E-state index in [0.717, 1.165) is 25.9 Å². The van der Waals surface area contributed by atoms with Gasteiger partial charge >= 0.3 is 6.09 Å². The third kappa shape index (κ3) is 5.51. The van der Waals surface area contributed by atoms with Crippen molar-refractivity contribution in [3.63, 3.8) is 0 Å². The Hall–Kier alpha value is -3.06. The van der Waals surface area contributed by atoms with Crippen LogP contribution >= 0.6 is 0 Å². The molecule has 0 radical (unpaired) electrons. The molecule has 2 heterocycles. The Bertz CT molecular complexity index is 1040. The van der Waals surface area contributed by atoms with Gasteiger partial charge in [-0.1, -0.05) is 24.3 Å². The van der Waals surface area contributed by atoms with Crippen molar-refractivity contribution in [3.05, 3.63) is 65.2 Å². The first-order valence-electron chi connectivity index (χ1n) is 13.5. The number of carbonyl (C=O) groups excluding carboxylic acids is 2. The van der Waals surface area contributed by atoms with E-state index >= 15 is 0 Å². The molecule has 2 saturated heterocycles. The van der Waals surface area contributed by atoms with E-state index in [-0.39, 0.29) is 12.0 Å². The molecule has 1 aliphatic carbocycles. The first-order valence-corrected chi connectivity index (χ1v) is 13.5. The van der Waals surface area contributed by atoms with E-state index in [1.54, 1.807) is 11.8 Å². The molecular weight excluding hydrogens is 452 g/mol. The van der Waals surface area contributed by atoms with E-state index in [4.69, 9.17) is 4.74 Å². The van der Waals surface area contributed by atoms with Gasteiger partial charge in [0.2, 0.25) is 0 Å². The fraction of sp³-hybridized carbons (Fsp3) is 0.517. The molecule has 36 heavy (non-hydrogen) atoms. The summed E-state index contributed by atoms with van der Waals surface area (Å²) in [5, 5.41) is 3.95. The zero-order chi connectivity index (χ0) is 24.9. The average Bonchev–Trinajstić information content (AvgIpc) is 2.94. The molecule has 3 aliphatic rings. The first-order chi connectivity index (χ1) is 17.6. The highest BCUT2D eigenvalue weighted by molar-refractivity contribution is 5.94. The summed E-state index contributed by atoms with van der Waals surface area (Å²) in [6.07, 6.45) is 5.66. The lowest BCUT2D eigenvalue weighted by molar-refractivity contribution is 0.0570. The Morgan fingerprint density at radius 3 is 2.31 bits per heavy atom. The molecule has 7 heteroatoms. The number of anilines is 1. The van der Waals surface area contributed by atoms with Crippen molar-refractivity contribution in [3.8, 4) is 0 Å². The van der Waals surface area contributed by atoms with Crippen LogP contribution in [-0.2, 0) is 11.2 Å². The van der Waals surface area contributed by atoms with Crippen LogP contribution in [0.3, 0.4) is 0 Å². The normalized spacial score (nSPS) is 20.7. The van der Waals surface area contributed by atoms with Gasteiger partial charge in [-0.2, -0.15) is 0 Å². The number of ether oxygens (including phenoxy) is 1. The molecule has 0 saturated carbocycles. The molecule has 7 nitrogen and oxygen atoms in total. The smallest absolute Gasteiger partial charge is 0.409 e. The van der Waals surface area contributed by atoms with Crippen molar-refractivity contribution >= 4 is 17.7 Å². The molecule has 0 spiro atoms. The number of nitrogens with one attached hydrogen (secondary N) is 1. The lowest BCUT2D eigenvalue weighted by atomic mass is 9.87. The average molecular weight is 491 g/mol. The number of hydrogen-bond acceptors (Lipinski definition) is 5. The minimum Gasteiger partial charge on any atom is -0.450 e. The van der Waals surface area contributed by atoms with Crippen LogP contribution in [0.25, 0.3) is 0 Å². The number of amides is 2. The monoisotopic (exact) mass is 490 g/mol. The fourth-order valence-corrected chi connectivity index (χ4v) is 5.82. The summed E-state index contributed by atoms with van der Waals surface area (Å²) in [6, 6.07) is 18.0. The Balaban J connectivity index is 1.11. The first kappa shape index (κ1) is 24.6. The van der Waals surface area contributed by atoms with E-state index in [1.165, 1.54) is 36.1 Å². The summed E-state index contributed by atoms with van der Waals surface area (Å²) in [5.74, 6) is 0.0285. The molecule has 0 aromatic heterocycles. The Kier molecular flexibility index (Phi) is 7.75. The maximum absolute atomic E-state index is 13.0. The molecular formula is C29H38N4O3. The molecule has 2 aliphatic heterocycles. The summed E-state index contributed by atoms with van der Waals surface area (Å²) >= 11 is 0. The topological polar surface area (TPSA) is 65.1 Å². The SMILES string of the molecule is CCOC(=O)N1CCN(C(=O)c2ccc(N3CCC(NC4CCCc5ccccc54)CC3)cc2)CC1. The molecule has 192 valence electrons. The number of fused-ring (bicyclic) bond motifs is 1. The Morgan fingerprint density at radius 1 is 0.889 bits per heavy atom. The second-order valence-electron chi connectivity index (χ2n) is 10.1. The summed E-state index contributed by atoms with van der Waals surface area (Å²) in [6.45, 7) is 6.31. The molecule has 2 aromatic carbocycles. The zero-order valence-corrected chi connectivity index (χ0v) is 21.3. The van der Waals surface area contributed by atoms with Gasteiger partial charge in [-0.05, 0) is 74.4 Å². The second-order valence-corrected chi connectivity index (χ2v) is 10.1. The van der Waals surface area contributed by atoms with Crippen molar-refractivity contribution in [2.75, 3.05) is 50.8 Å². The van der Waals surface area contributed by atoms with Gasteiger partial charge in [0.15, 0.2) is 0 Å². The van der Waals surface area contributed by atoms with Crippen molar-refractivity contribution in [1.82, 2.24) is 15.1 Å².